The molecule has 2 N–H and O–H groups in total. The van der Waals surface area contributed by atoms with Gasteiger partial charge in [-0.3, -0.25) is 4.79 Å². The van der Waals surface area contributed by atoms with Crippen LogP contribution >= 0.6 is 24.0 Å². The number of carbonyl (C=O) groups excluding carboxylic acids is 1. The van der Waals surface area contributed by atoms with Crippen molar-refractivity contribution in [1.82, 2.24) is 0 Å². The lowest BCUT2D eigenvalue weighted by atomic mass is 10.2. The number of benzene rings is 1. The molecule has 0 saturated carbocycles. The summed E-state index contributed by atoms with van der Waals surface area (Å²) in [6.07, 6.45) is 2.66. The van der Waals surface area contributed by atoms with E-state index < -0.39 is 0 Å². The predicted octanol–water partition coefficient (Wildman–Crippen LogP) is 2.59. The monoisotopic (exact) mass is 294 g/mol. The summed E-state index contributed by atoms with van der Waals surface area (Å²) >= 11 is 6.67. The van der Waals surface area contributed by atoms with Gasteiger partial charge in [0.15, 0.2) is 0 Å². The Morgan fingerprint density at radius 2 is 2.16 bits per heavy atom. The lowest BCUT2D eigenvalue weighted by Crippen LogP contribution is -2.38. The molecule has 1 saturated heterocycles. The number of thioether (sulfide) groups is 1. The van der Waals surface area contributed by atoms with Crippen molar-refractivity contribution < 1.29 is 4.79 Å². The Morgan fingerprint density at radius 1 is 1.42 bits per heavy atom. The molecule has 1 unspecified atom stereocenters. The third-order valence-corrected chi connectivity index (χ3v) is 4.69. The predicted molar refractivity (Wildman–Crippen MR) is 85.7 cm³/mol. The lowest BCUT2D eigenvalue weighted by molar-refractivity contribution is -0.118. The van der Waals surface area contributed by atoms with Crippen molar-refractivity contribution in [2.75, 3.05) is 17.2 Å². The minimum absolute atomic E-state index is 0.0894. The third kappa shape index (κ3) is 3.94. The number of hydrogen-bond acceptors (Lipinski definition) is 3. The molecular formula is C14H18N2OS2. The van der Waals surface area contributed by atoms with Crippen LogP contribution in [0.4, 0.5) is 5.69 Å². The Hall–Kier alpha value is -1.07. The fourth-order valence-electron chi connectivity index (χ4n) is 2.14. The van der Waals surface area contributed by atoms with Gasteiger partial charge in [0.1, 0.15) is 0 Å². The molecule has 0 spiro atoms. The topological polar surface area (TPSA) is 46.3 Å². The van der Waals surface area contributed by atoms with Gasteiger partial charge in [0.05, 0.1) is 10.2 Å². The Kier molecular flexibility index (Phi) is 5.22. The maximum atomic E-state index is 12.6. The number of rotatable bonds is 5. The van der Waals surface area contributed by atoms with E-state index in [1.54, 1.807) is 11.8 Å². The van der Waals surface area contributed by atoms with Crippen molar-refractivity contribution >= 4 is 40.6 Å². The second-order valence-corrected chi connectivity index (χ2v) is 6.38. The zero-order chi connectivity index (χ0) is 13.7. The van der Waals surface area contributed by atoms with Crippen LogP contribution in [-0.4, -0.2) is 28.4 Å². The normalized spacial score (nSPS) is 18.2. The highest BCUT2D eigenvalue weighted by atomic mass is 32.2. The Bertz CT molecular complexity index is 444. The van der Waals surface area contributed by atoms with Gasteiger partial charge >= 0.3 is 0 Å². The van der Waals surface area contributed by atoms with Crippen LogP contribution in [0.3, 0.4) is 0 Å². The highest BCUT2D eigenvalue weighted by molar-refractivity contribution is 8.00. The van der Waals surface area contributed by atoms with E-state index in [2.05, 4.69) is 0 Å². The van der Waals surface area contributed by atoms with E-state index in [0.29, 0.717) is 18.0 Å². The van der Waals surface area contributed by atoms with Crippen LogP contribution in [0.5, 0.6) is 0 Å². The number of para-hydroxylation sites is 1. The van der Waals surface area contributed by atoms with Gasteiger partial charge in [0.2, 0.25) is 5.91 Å². The average Bonchev–Trinajstić information content (AvgIpc) is 2.93. The number of anilines is 1. The summed E-state index contributed by atoms with van der Waals surface area (Å²) in [5, 5.41) is 0.0894. The van der Waals surface area contributed by atoms with E-state index in [1.807, 2.05) is 35.2 Å². The maximum Gasteiger partial charge on any atom is 0.240 e. The molecule has 5 heteroatoms. The summed E-state index contributed by atoms with van der Waals surface area (Å²) in [6, 6.07) is 9.74. The average molecular weight is 294 g/mol. The number of nitrogens with two attached hydrogens (primary N) is 1. The van der Waals surface area contributed by atoms with Gasteiger partial charge in [-0.25, -0.2) is 0 Å². The summed E-state index contributed by atoms with van der Waals surface area (Å²) in [5.41, 5.74) is 6.49. The zero-order valence-electron chi connectivity index (χ0n) is 10.7. The second kappa shape index (κ2) is 6.91. The molecule has 0 aliphatic carbocycles. The molecule has 1 fully saturated rings. The van der Waals surface area contributed by atoms with E-state index >= 15 is 0 Å². The van der Waals surface area contributed by atoms with Gasteiger partial charge in [-0.1, -0.05) is 30.4 Å². The van der Waals surface area contributed by atoms with Gasteiger partial charge in [0.25, 0.3) is 0 Å². The fourth-order valence-corrected chi connectivity index (χ4v) is 3.45. The van der Waals surface area contributed by atoms with E-state index in [4.69, 9.17) is 18.0 Å². The molecule has 0 aromatic heterocycles. The molecule has 1 heterocycles. The number of nitrogens with zero attached hydrogens (tertiary/aromatic N) is 1. The van der Waals surface area contributed by atoms with Crippen molar-refractivity contribution in [3.63, 3.8) is 0 Å². The summed E-state index contributed by atoms with van der Waals surface area (Å²) in [4.78, 5) is 14.9. The summed E-state index contributed by atoms with van der Waals surface area (Å²) < 4.78 is 0. The van der Waals surface area contributed by atoms with Crippen LogP contribution in [0.25, 0.3) is 0 Å². The lowest BCUT2D eigenvalue weighted by Gasteiger charge is -2.25. The first-order valence-corrected chi connectivity index (χ1v) is 7.90. The SMILES string of the molecule is NC(=S)CCN(C(=O)C1CCCS1)c1ccccc1. The molecule has 3 nitrogen and oxygen atoms in total. The molecule has 102 valence electrons. The van der Waals surface area contributed by atoms with E-state index in [9.17, 15) is 4.79 Å². The van der Waals surface area contributed by atoms with Gasteiger partial charge in [-0.05, 0) is 30.7 Å². The van der Waals surface area contributed by atoms with Gasteiger partial charge in [-0.15, -0.1) is 11.8 Å². The van der Waals surface area contributed by atoms with Crippen LogP contribution in [0.1, 0.15) is 19.3 Å². The number of carbonyl (C=O) groups is 1. The van der Waals surface area contributed by atoms with Crippen molar-refractivity contribution in [2.24, 2.45) is 5.73 Å². The molecule has 1 aromatic carbocycles. The minimum Gasteiger partial charge on any atom is -0.393 e. The van der Waals surface area contributed by atoms with E-state index in [0.717, 1.165) is 24.3 Å². The van der Waals surface area contributed by atoms with Gasteiger partial charge in [-0.2, -0.15) is 0 Å². The maximum absolute atomic E-state index is 12.6. The summed E-state index contributed by atoms with van der Waals surface area (Å²) in [5.74, 6) is 1.26. The Morgan fingerprint density at radius 3 is 2.74 bits per heavy atom. The first kappa shape index (κ1) is 14.3. The molecule has 1 atom stereocenters. The van der Waals surface area contributed by atoms with Gasteiger partial charge in [0, 0.05) is 18.7 Å². The number of hydrogen-bond donors (Lipinski definition) is 1. The third-order valence-electron chi connectivity index (χ3n) is 3.12. The van der Waals surface area contributed by atoms with Crippen LogP contribution in [-0.2, 0) is 4.79 Å². The fraction of sp³-hybridized carbons (Fsp3) is 0.429. The molecule has 1 aliphatic heterocycles. The molecule has 0 radical (unpaired) electrons. The van der Waals surface area contributed by atoms with E-state index in [1.165, 1.54) is 0 Å². The van der Waals surface area contributed by atoms with Crippen LogP contribution < -0.4 is 10.6 Å². The molecule has 0 bridgehead atoms. The summed E-state index contributed by atoms with van der Waals surface area (Å²) in [7, 11) is 0. The van der Waals surface area contributed by atoms with Crippen LogP contribution in [0.2, 0.25) is 0 Å². The minimum atomic E-state index is 0.0894. The quantitative estimate of drug-likeness (QED) is 0.848. The molecule has 19 heavy (non-hydrogen) atoms. The van der Waals surface area contributed by atoms with Gasteiger partial charge < -0.3 is 10.6 Å². The number of amides is 1. The molecular weight excluding hydrogens is 276 g/mol. The van der Waals surface area contributed by atoms with Crippen LogP contribution in [0, 0.1) is 0 Å². The zero-order valence-corrected chi connectivity index (χ0v) is 12.4. The number of thiocarbonyl (C=S) groups is 1. The highest BCUT2D eigenvalue weighted by Gasteiger charge is 2.28. The standard InChI is InChI=1S/C14H18N2OS2/c15-13(18)8-9-16(11-5-2-1-3-6-11)14(17)12-7-4-10-19-12/h1-3,5-6,12H,4,7-10H2,(H2,15,18). The molecule has 1 amide bonds. The molecule has 1 aromatic rings. The van der Waals surface area contributed by atoms with Crippen molar-refractivity contribution in [3.8, 4) is 0 Å². The van der Waals surface area contributed by atoms with Crippen LogP contribution in [0.15, 0.2) is 30.3 Å². The largest absolute Gasteiger partial charge is 0.393 e. The molecule has 2 rings (SSSR count). The smallest absolute Gasteiger partial charge is 0.240 e. The van der Waals surface area contributed by atoms with Crippen molar-refractivity contribution in [3.05, 3.63) is 30.3 Å². The molecule has 1 aliphatic rings. The first-order valence-electron chi connectivity index (χ1n) is 6.45. The Labute approximate surface area is 123 Å². The summed E-state index contributed by atoms with van der Waals surface area (Å²) in [6.45, 7) is 0.565. The Balaban J connectivity index is 2.13. The van der Waals surface area contributed by atoms with E-state index in [-0.39, 0.29) is 11.2 Å². The first-order chi connectivity index (χ1) is 9.18. The highest BCUT2D eigenvalue weighted by Crippen LogP contribution is 2.29. The second-order valence-electron chi connectivity index (χ2n) is 4.54. The van der Waals surface area contributed by atoms with Crippen molar-refractivity contribution in [1.29, 1.82) is 0 Å². The van der Waals surface area contributed by atoms with Crippen molar-refractivity contribution in [2.45, 2.75) is 24.5 Å².